The highest BCUT2D eigenvalue weighted by molar-refractivity contribution is 5.99. The molecule has 5 nitrogen and oxygen atoms in total. The first-order chi connectivity index (χ1) is 13.6. The summed E-state index contributed by atoms with van der Waals surface area (Å²) in [5, 5.41) is 2.93. The van der Waals surface area contributed by atoms with E-state index in [9.17, 15) is 9.59 Å². The van der Waals surface area contributed by atoms with E-state index >= 15 is 0 Å². The lowest BCUT2D eigenvalue weighted by Gasteiger charge is -2.31. The Hall–Kier alpha value is -2.82. The van der Waals surface area contributed by atoms with Crippen molar-refractivity contribution in [3.05, 3.63) is 65.2 Å². The molecule has 0 bridgehead atoms. The van der Waals surface area contributed by atoms with Gasteiger partial charge in [-0.1, -0.05) is 31.2 Å². The van der Waals surface area contributed by atoms with Crippen molar-refractivity contribution >= 4 is 11.8 Å². The maximum Gasteiger partial charge on any atom is 0.253 e. The summed E-state index contributed by atoms with van der Waals surface area (Å²) in [6, 6.07) is 14.8. The average Bonchev–Trinajstić information content (AvgIpc) is 2.73. The summed E-state index contributed by atoms with van der Waals surface area (Å²) in [7, 11) is 1.64. The molecule has 2 amide bonds. The largest absolute Gasteiger partial charge is 0.496 e. The van der Waals surface area contributed by atoms with Gasteiger partial charge in [-0.15, -0.1) is 0 Å². The van der Waals surface area contributed by atoms with Gasteiger partial charge in [0.1, 0.15) is 5.75 Å². The van der Waals surface area contributed by atoms with Gasteiger partial charge in [0.05, 0.1) is 7.11 Å². The highest BCUT2D eigenvalue weighted by atomic mass is 16.5. The molecule has 5 heteroatoms. The quantitative estimate of drug-likeness (QED) is 0.834. The van der Waals surface area contributed by atoms with Crippen LogP contribution in [0.3, 0.4) is 0 Å². The normalized spacial score (nSPS) is 16.5. The fourth-order valence-electron chi connectivity index (χ4n) is 3.67. The maximum atomic E-state index is 12.8. The van der Waals surface area contributed by atoms with Gasteiger partial charge in [-0.2, -0.15) is 0 Å². The number of benzene rings is 2. The van der Waals surface area contributed by atoms with Crippen LogP contribution >= 0.6 is 0 Å². The van der Waals surface area contributed by atoms with Crippen LogP contribution in [0.15, 0.2) is 48.5 Å². The second kappa shape index (κ2) is 9.40. The minimum atomic E-state index is -0.170. The van der Waals surface area contributed by atoms with Crippen molar-refractivity contribution in [1.29, 1.82) is 0 Å². The average molecular weight is 380 g/mol. The zero-order valence-corrected chi connectivity index (χ0v) is 16.6. The molecule has 1 aliphatic rings. The van der Waals surface area contributed by atoms with Gasteiger partial charge < -0.3 is 15.0 Å². The Morgan fingerprint density at radius 2 is 1.93 bits per heavy atom. The highest BCUT2D eigenvalue weighted by Crippen LogP contribution is 2.19. The van der Waals surface area contributed by atoms with Gasteiger partial charge >= 0.3 is 0 Å². The van der Waals surface area contributed by atoms with Gasteiger partial charge in [0.25, 0.3) is 11.8 Å². The van der Waals surface area contributed by atoms with Crippen molar-refractivity contribution in [1.82, 2.24) is 10.2 Å². The zero-order chi connectivity index (χ0) is 19.9. The maximum absolute atomic E-state index is 12.8. The number of methoxy groups -OCH3 is 1. The van der Waals surface area contributed by atoms with E-state index in [1.807, 2.05) is 29.2 Å². The predicted molar refractivity (Wildman–Crippen MR) is 110 cm³/mol. The number of carbonyl (C=O) groups excluding carboxylic acids is 2. The highest BCUT2D eigenvalue weighted by Gasteiger charge is 2.22. The molecule has 1 unspecified atom stereocenters. The fraction of sp³-hybridized carbons (Fsp3) is 0.391. The number of nitrogens with zero attached hydrogens (tertiary/aromatic N) is 1. The number of nitrogens with one attached hydrogen (secondary N) is 1. The summed E-state index contributed by atoms with van der Waals surface area (Å²) >= 11 is 0. The summed E-state index contributed by atoms with van der Waals surface area (Å²) in [5.41, 5.74) is 2.14. The van der Waals surface area contributed by atoms with Crippen molar-refractivity contribution in [2.24, 2.45) is 5.92 Å². The van der Waals surface area contributed by atoms with E-state index in [1.54, 1.807) is 31.4 Å². The molecule has 1 saturated heterocycles. The Labute approximate surface area is 166 Å². The van der Waals surface area contributed by atoms with Gasteiger partial charge in [-0.25, -0.2) is 0 Å². The van der Waals surface area contributed by atoms with Gasteiger partial charge in [0.2, 0.25) is 0 Å². The lowest BCUT2D eigenvalue weighted by molar-refractivity contribution is 0.0683. The van der Waals surface area contributed by atoms with Crippen molar-refractivity contribution in [2.75, 3.05) is 26.7 Å². The number of amides is 2. The third-order valence-electron chi connectivity index (χ3n) is 5.19. The van der Waals surface area contributed by atoms with Crippen LogP contribution in [0.5, 0.6) is 5.75 Å². The summed E-state index contributed by atoms with van der Waals surface area (Å²) < 4.78 is 5.34. The number of carbonyl (C=O) groups is 2. The molecule has 148 valence electrons. The molecule has 0 aliphatic carbocycles. The lowest BCUT2D eigenvalue weighted by Crippen LogP contribution is -2.39. The Balaban J connectivity index is 1.60. The molecule has 1 aliphatic heterocycles. The van der Waals surface area contributed by atoms with Crippen LogP contribution in [0.2, 0.25) is 0 Å². The van der Waals surface area contributed by atoms with Crippen LogP contribution < -0.4 is 10.1 Å². The summed E-state index contributed by atoms with van der Waals surface area (Å²) in [6.07, 6.45) is 2.88. The van der Waals surface area contributed by atoms with Gasteiger partial charge in [-0.05, 0) is 55.0 Å². The SMILES string of the molecule is COc1ccccc1CCNC(=O)c1cccc(C(=O)N2CCCC(C)C2)c1. The number of hydrogen-bond acceptors (Lipinski definition) is 3. The standard InChI is InChI=1S/C23H28N2O3/c1-17-7-6-14-25(16-17)23(27)20-10-5-9-19(15-20)22(26)24-13-12-18-8-3-4-11-21(18)28-2/h3-5,8-11,15,17H,6-7,12-14,16H2,1-2H3,(H,24,26). The monoisotopic (exact) mass is 380 g/mol. The van der Waals surface area contributed by atoms with Gasteiger partial charge in [0, 0.05) is 30.8 Å². The first kappa shape index (κ1) is 19.9. The number of rotatable bonds is 6. The fourth-order valence-corrected chi connectivity index (χ4v) is 3.67. The molecule has 1 fully saturated rings. The van der Waals surface area contributed by atoms with Crippen molar-refractivity contribution in [2.45, 2.75) is 26.2 Å². The smallest absolute Gasteiger partial charge is 0.253 e. The molecule has 0 saturated carbocycles. The first-order valence-corrected chi connectivity index (χ1v) is 9.88. The van der Waals surface area contributed by atoms with Crippen LogP contribution in [0.1, 0.15) is 46.0 Å². The molecule has 0 aromatic heterocycles. The van der Waals surface area contributed by atoms with Crippen LogP contribution in [0.4, 0.5) is 0 Å². The van der Waals surface area contributed by atoms with E-state index in [0.29, 0.717) is 30.0 Å². The van der Waals surface area contributed by atoms with Gasteiger partial charge in [0.15, 0.2) is 0 Å². The van der Waals surface area contributed by atoms with Crippen LogP contribution in [-0.2, 0) is 6.42 Å². The van der Waals surface area contributed by atoms with E-state index in [2.05, 4.69) is 12.2 Å². The third kappa shape index (κ3) is 4.91. The Morgan fingerprint density at radius 3 is 2.71 bits per heavy atom. The van der Waals surface area contributed by atoms with E-state index < -0.39 is 0 Å². The topological polar surface area (TPSA) is 58.6 Å². The number of hydrogen-bond donors (Lipinski definition) is 1. The number of para-hydroxylation sites is 1. The molecule has 2 aromatic carbocycles. The predicted octanol–water partition coefficient (Wildman–Crippen LogP) is 3.54. The Kier molecular flexibility index (Phi) is 6.69. The molecule has 0 radical (unpaired) electrons. The van der Waals surface area contributed by atoms with Crippen molar-refractivity contribution in [3.8, 4) is 5.75 Å². The molecule has 0 spiro atoms. The number of likely N-dealkylation sites (tertiary alicyclic amines) is 1. The van der Waals surface area contributed by atoms with E-state index in [-0.39, 0.29) is 11.8 Å². The zero-order valence-electron chi connectivity index (χ0n) is 16.6. The third-order valence-corrected chi connectivity index (χ3v) is 5.19. The van der Waals surface area contributed by atoms with E-state index in [1.165, 1.54) is 6.42 Å². The van der Waals surface area contributed by atoms with Crippen molar-refractivity contribution < 1.29 is 14.3 Å². The first-order valence-electron chi connectivity index (χ1n) is 9.88. The summed E-state index contributed by atoms with van der Waals surface area (Å²) in [6.45, 7) is 4.25. The second-order valence-electron chi connectivity index (χ2n) is 7.40. The minimum Gasteiger partial charge on any atom is -0.496 e. The molecular weight excluding hydrogens is 352 g/mol. The molecule has 28 heavy (non-hydrogen) atoms. The van der Waals surface area contributed by atoms with Crippen LogP contribution in [-0.4, -0.2) is 43.5 Å². The van der Waals surface area contributed by atoms with Crippen LogP contribution in [0, 0.1) is 5.92 Å². The Morgan fingerprint density at radius 1 is 1.14 bits per heavy atom. The van der Waals surface area contributed by atoms with Crippen LogP contribution in [0.25, 0.3) is 0 Å². The van der Waals surface area contributed by atoms with Crippen molar-refractivity contribution in [3.63, 3.8) is 0 Å². The molecule has 1 N–H and O–H groups in total. The summed E-state index contributed by atoms with van der Waals surface area (Å²) in [4.78, 5) is 27.2. The molecule has 1 heterocycles. The minimum absolute atomic E-state index is 0.00946. The summed E-state index contributed by atoms with van der Waals surface area (Å²) in [5.74, 6) is 1.19. The molecular formula is C23H28N2O3. The van der Waals surface area contributed by atoms with E-state index in [0.717, 1.165) is 30.8 Å². The van der Waals surface area contributed by atoms with Gasteiger partial charge in [-0.3, -0.25) is 9.59 Å². The lowest BCUT2D eigenvalue weighted by atomic mass is 9.99. The molecule has 1 atom stereocenters. The molecule has 3 rings (SSSR count). The molecule has 2 aromatic rings. The second-order valence-corrected chi connectivity index (χ2v) is 7.40. The number of ether oxygens (including phenoxy) is 1. The van der Waals surface area contributed by atoms with E-state index in [4.69, 9.17) is 4.74 Å². The number of piperidine rings is 1. The Bertz CT molecular complexity index is 834.